The van der Waals surface area contributed by atoms with Gasteiger partial charge in [-0.3, -0.25) is 19.9 Å². The maximum absolute atomic E-state index is 14.8. The second-order valence-corrected chi connectivity index (χ2v) is 17.3. The molecule has 1 spiro atoms. The van der Waals surface area contributed by atoms with Crippen molar-refractivity contribution < 1.29 is 47.9 Å². The first-order valence-electron chi connectivity index (χ1n) is 18.8. The number of esters is 2. The van der Waals surface area contributed by atoms with Crippen LogP contribution in [0, 0.1) is 13.8 Å². The molecule has 3 aromatic carbocycles. The van der Waals surface area contributed by atoms with Crippen molar-refractivity contribution in [1.29, 1.82) is 0 Å². The Morgan fingerprint density at radius 1 is 1.09 bits per heavy atom. The van der Waals surface area contributed by atoms with E-state index in [1.165, 1.54) is 18.7 Å². The fraction of sp³-hybridized carbons (Fsp3) is 0.463. The van der Waals surface area contributed by atoms with Crippen molar-refractivity contribution in [3.63, 3.8) is 0 Å². The van der Waals surface area contributed by atoms with Gasteiger partial charge in [-0.2, -0.15) is 0 Å². The molecule has 2 unspecified atom stereocenters. The Morgan fingerprint density at radius 2 is 1.89 bits per heavy atom. The van der Waals surface area contributed by atoms with E-state index in [9.17, 15) is 19.8 Å². The van der Waals surface area contributed by atoms with E-state index in [0.717, 1.165) is 33.2 Å². The Bertz CT molecular complexity index is 2420. The van der Waals surface area contributed by atoms with Crippen LogP contribution in [-0.4, -0.2) is 83.1 Å². The van der Waals surface area contributed by atoms with E-state index in [-0.39, 0.29) is 31.4 Å². The molecule has 4 aromatic rings. The van der Waals surface area contributed by atoms with Crippen LogP contribution in [0.5, 0.6) is 28.7 Å². The van der Waals surface area contributed by atoms with Crippen LogP contribution in [0.15, 0.2) is 34.7 Å². The highest BCUT2D eigenvalue weighted by atomic mass is 32.2. The summed E-state index contributed by atoms with van der Waals surface area (Å²) in [4.78, 5) is 32.2. The lowest BCUT2D eigenvalue weighted by atomic mass is 9.75. The van der Waals surface area contributed by atoms with Crippen LogP contribution in [0.3, 0.4) is 0 Å². The lowest BCUT2D eigenvalue weighted by Gasteiger charge is -2.59. The summed E-state index contributed by atoms with van der Waals surface area (Å²) in [5.41, 5.74) is 2.81. The molecule has 8 aliphatic rings. The molecule has 14 heteroatoms. The molecule has 3 saturated heterocycles. The second-order valence-electron chi connectivity index (χ2n) is 16.2. The molecule has 55 heavy (non-hydrogen) atoms. The zero-order valence-corrected chi connectivity index (χ0v) is 31.9. The monoisotopic (exact) mass is 767 g/mol. The molecule has 13 nitrogen and oxygen atoms in total. The van der Waals surface area contributed by atoms with Crippen LogP contribution in [-0.2, 0) is 31.8 Å². The topological polar surface area (TPSA) is 152 Å². The third-order valence-corrected chi connectivity index (χ3v) is 14.8. The largest absolute Gasteiger partial charge is 0.504 e. The van der Waals surface area contributed by atoms with Gasteiger partial charge in [-0.15, -0.1) is 11.8 Å². The molecule has 0 amide bonds. The minimum Gasteiger partial charge on any atom is -0.504 e. The van der Waals surface area contributed by atoms with Crippen molar-refractivity contribution in [3.8, 4) is 28.7 Å². The number of aromatic hydroxyl groups is 1. The van der Waals surface area contributed by atoms with Crippen molar-refractivity contribution >= 4 is 34.7 Å². The number of nitrogens with zero attached hydrogens (tertiary/aromatic N) is 2. The second kappa shape index (κ2) is 11.1. The van der Waals surface area contributed by atoms with Gasteiger partial charge in [0.15, 0.2) is 28.5 Å². The number of nitrogens with one attached hydrogen (secondary N) is 1. The molecule has 4 bridgehead atoms. The Kier molecular flexibility index (Phi) is 6.83. The third-order valence-electron chi connectivity index (χ3n) is 13.4. The number of phenolic OH excluding ortho intramolecular Hbond substituents is 1. The van der Waals surface area contributed by atoms with E-state index in [1.807, 2.05) is 38.1 Å². The van der Waals surface area contributed by atoms with Gasteiger partial charge in [0, 0.05) is 77.0 Å². The van der Waals surface area contributed by atoms with Crippen molar-refractivity contribution in [2.75, 3.05) is 39.4 Å². The Morgan fingerprint density at radius 3 is 2.69 bits per heavy atom. The minimum atomic E-state index is -1.38. The highest BCUT2D eigenvalue weighted by Crippen LogP contribution is 2.71. The molecule has 7 atom stereocenters. The molecule has 3 N–H and O–H groups in total. The predicted octanol–water partition coefficient (Wildman–Crippen LogP) is 4.89. The molecule has 0 aliphatic carbocycles. The fourth-order valence-corrected chi connectivity index (χ4v) is 13.0. The number of furan rings is 1. The quantitative estimate of drug-likeness (QED) is 0.187. The van der Waals surface area contributed by atoms with Crippen LogP contribution < -0.4 is 24.3 Å². The molecule has 1 aromatic heterocycles. The number of fused-ring (bicyclic) bond motifs is 11. The smallest absolute Gasteiger partial charge is 0.335 e. The summed E-state index contributed by atoms with van der Waals surface area (Å²) in [7, 11) is 1.56. The number of methoxy groups -OCH3 is 1. The third kappa shape index (κ3) is 4.08. The summed E-state index contributed by atoms with van der Waals surface area (Å²) in [6.07, 6.45) is 1.01. The summed E-state index contributed by atoms with van der Waals surface area (Å²) in [5, 5.41) is 29.2. The van der Waals surface area contributed by atoms with E-state index >= 15 is 0 Å². The summed E-state index contributed by atoms with van der Waals surface area (Å²) in [5.74, 6) is 1.54. The van der Waals surface area contributed by atoms with Crippen LogP contribution in [0.2, 0.25) is 0 Å². The normalized spacial score (nSPS) is 32.6. The van der Waals surface area contributed by atoms with Crippen molar-refractivity contribution in [3.05, 3.63) is 75.0 Å². The average Bonchev–Trinajstić information content (AvgIpc) is 3.90. The number of carbonyl (C=O) groups excluding carboxylic acids is 2. The molecule has 12 rings (SSSR count). The Hall–Kier alpha value is -4.47. The van der Waals surface area contributed by atoms with Gasteiger partial charge in [0.25, 0.3) is 0 Å². The molecule has 0 radical (unpaired) electrons. The number of hydrogen-bond acceptors (Lipinski definition) is 14. The van der Waals surface area contributed by atoms with Gasteiger partial charge in [-0.1, -0.05) is 18.2 Å². The number of phenols is 1. The Balaban J connectivity index is 1.19. The van der Waals surface area contributed by atoms with E-state index in [0.29, 0.717) is 64.9 Å². The van der Waals surface area contributed by atoms with Gasteiger partial charge >= 0.3 is 11.9 Å². The number of carbonyl (C=O) groups is 2. The predicted molar refractivity (Wildman–Crippen MR) is 198 cm³/mol. The first-order valence-corrected chi connectivity index (χ1v) is 19.8. The minimum absolute atomic E-state index is 0.0408. The average molecular weight is 768 g/mol. The zero-order valence-electron chi connectivity index (χ0n) is 31.1. The number of benzene rings is 3. The number of piperazine rings is 1. The highest BCUT2D eigenvalue weighted by molar-refractivity contribution is 7.99. The summed E-state index contributed by atoms with van der Waals surface area (Å²) < 4.78 is 37.3. The first kappa shape index (κ1) is 33.8. The number of ether oxygens (including phenoxy) is 5. The number of thioether (sulfide) groups is 1. The van der Waals surface area contributed by atoms with Crippen LogP contribution in [0.4, 0.5) is 0 Å². The lowest BCUT2D eigenvalue weighted by molar-refractivity contribution is -0.196. The van der Waals surface area contributed by atoms with Crippen LogP contribution in [0.1, 0.15) is 82.3 Å². The van der Waals surface area contributed by atoms with Gasteiger partial charge < -0.3 is 38.3 Å². The fourth-order valence-electron chi connectivity index (χ4n) is 11.4. The first-order chi connectivity index (χ1) is 26.4. The van der Waals surface area contributed by atoms with E-state index in [4.69, 9.17) is 28.1 Å². The molecular weight excluding hydrogens is 727 g/mol. The molecule has 9 heterocycles. The molecule has 3 fully saturated rings. The summed E-state index contributed by atoms with van der Waals surface area (Å²) in [6.45, 7) is 7.90. The van der Waals surface area contributed by atoms with Gasteiger partial charge in [0.05, 0.1) is 24.4 Å². The highest BCUT2D eigenvalue weighted by Gasteiger charge is 2.72. The number of aliphatic hydroxyl groups is 1. The van der Waals surface area contributed by atoms with E-state index < -0.39 is 52.1 Å². The zero-order chi connectivity index (χ0) is 37.9. The standard InChI is InChI=1S/C41H41N3O10S/c1-18-12-23-26(31(46)32(18)49-5)29-30-36-28-27(35-34(51-17-52-35)19(2)33(28)53-20(3)45)24(44(30)40(48)14-39(23,4)43(29)15-40)13-50-38(47)41(16-55-36)37-22(10-11-42-41)21-8-6-7-9-25(21)54-37/h6-9,12,24,29-30,36,42,46,48H,10-11,13-17H2,1-5H3/t24-,29+,30?,36+,39+,40?,41+/m0/s1. The number of rotatable bonds is 2. The van der Waals surface area contributed by atoms with E-state index in [2.05, 4.69) is 28.1 Å². The van der Waals surface area contributed by atoms with E-state index in [1.54, 1.807) is 7.11 Å². The molecule has 286 valence electrons. The SMILES string of the molecule is COc1c(C)cc2c(c1O)[C@@H]1C3[C@@H]4SC[C@]5(NCCc6c5oc5ccccc65)C(=O)OC[C@@H](c5c6c(c(C)c(OC(C)=O)c54)OCO6)N3C3(O)CN1[C@]2(C)C3. The number of aryl methyl sites for hydroxylation is 1. The van der Waals surface area contributed by atoms with Gasteiger partial charge in [-0.05, 0) is 50.5 Å². The van der Waals surface area contributed by atoms with Crippen LogP contribution in [0.25, 0.3) is 11.0 Å². The maximum Gasteiger partial charge on any atom is 0.335 e. The van der Waals surface area contributed by atoms with Crippen molar-refractivity contribution in [2.24, 2.45) is 0 Å². The van der Waals surface area contributed by atoms with Gasteiger partial charge in [-0.25, -0.2) is 4.79 Å². The summed E-state index contributed by atoms with van der Waals surface area (Å²) in [6, 6.07) is 8.19. The molecule has 0 saturated carbocycles. The van der Waals surface area contributed by atoms with Crippen LogP contribution >= 0.6 is 11.8 Å². The molecule has 8 aliphatic heterocycles. The Labute approximate surface area is 320 Å². The lowest BCUT2D eigenvalue weighted by Crippen LogP contribution is -2.67. The van der Waals surface area contributed by atoms with Crippen molar-refractivity contribution in [1.82, 2.24) is 15.1 Å². The van der Waals surface area contributed by atoms with Gasteiger partial charge in [0.2, 0.25) is 6.79 Å². The van der Waals surface area contributed by atoms with Crippen molar-refractivity contribution in [2.45, 2.75) is 80.7 Å². The maximum atomic E-state index is 14.8. The number of para-hydroxylation sites is 1. The van der Waals surface area contributed by atoms with Gasteiger partial charge in [0.1, 0.15) is 29.4 Å². The number of hydrogen-bond donors (Lipinski definition) is 3. The molecular formula is C41H41N3O10S. The summed E-state index contributed by atoms with van der Waals surface area (Å²) >= 11 is 1.52.